The molecular formula is C42H59FN5O5+. The van der Waals surface area contributed by atoms with E-state index in [1.54, 1.807) is 12.1 Å². The molecule has 2 atom stereocenters. The average molecular weight is 733 g/mol. The quantitative estimate of drug-likeness (QED) is 0.0756. The van der Waals surface area contributed by atoms with E-state index in [2.05, 4.69) is 55.3 Å². The van der Waals surface area contributed by atoms with Gasteiger partial charge in [0.25, 0.3) is 0 Å². The summed E-state index contributed by atoms with van der Waals surface area (Å²) in [6, 6.07) is 11.7. The van der Waals surface area contributed by atoms with Gasteiger partial charge in [-0.25, -0.2) is 4.39 Å². The molecule has 2 aromatic carbocycles. The number of quaternary nitrogens is 1. The van der Waals surface area contributed by atoms with Gasteiger partial charge in [0.15, 0.2) is 5.78 Å². The summed E-state index contributed by atoms with van der Waals surface area (Å²) in [6.07, 6.45) is 7.32. The second-order valence-electron chi connectivity index (χ2n) is 16.0. The van der Waals surface area contributed by atoms with Crippen LogP contribution in [0.25, 0.3) is 5.57 Å². The molecule has 0 spiro atoms. The van der Waals surface area contributed by atoms with Crippen LogP contribution in [-0.2, 0) is 29.3 Å². The van der Waals surface area contributed by atoms with Crippen LogP contribution in [0.4, 0.5) is 10.1 Å². The number of rotatable bonds is 19. The predicted octanol–water partition coefficient (Wildman–Crippen LogP) is 5.47. The van der Waals surface area contributed by atoms with Crippen molar-refractivity contribution in [2.24, 2.45) is 5.73 Å². The molecule has 0 bridgehead atoms. The highest BCUT2D eigenvalue weighted by molar-refractivity contribution is 6.39. The number of carbonyl (C=O) groups is 4. The number of benzene rings is 2. The number of fused-ring (bicyclic) bond motifs is 1. The third-order valence-electron chi connectivity index (χ3n) is 10.3. The highest BCUT2D eigenvalue weighted by atomic mass is 19.1. The number of allylic oxidation sites excluding steroid dienone is 2. The molecule has 53 heavy (non-hydrogen) atoms. The second-order valence-corrected chi connectivity index (χ2v) is 16.0. The molecule has 2 aromatic rings. The molecule has 1 aliphatic heterocycles. The van der Waals surface area contributed by atoms with Crippen LogP contribution in [0.1, 0.15) is 88.3 Å². The summed E-state index contributed by atoms with van der Waals surface area (Å²) < 4.78 is 20.0. The zero-order chi connectivity index (χ0) is 38.9. The van der Waals surface area contributed by atoms with Crippen molar-refractivity contribution >= 4 is 34.8 Å². The molecule has 4 N–H and O–H groups in total. The van der Waals surface area contributed by atoms with Crippen LogP contribution in [0.3, 0.4) is 0 Å². The van der Waals surface area contributed by atoms with Gasteiger partial charge >= 0.3 is 5.97 Å². The number of carbonyl (C=O) groups excluding carboxylic acids is 4. The van der Waals surface area contributed by atoms with Gasteiger partial charge in [-0.3, -0.25) is 19.2 Å². The summed E-state index contributed by atoms with van der Waals surface area (Å²) in [5.74, 6) is -1.14. The first kappa shape index (κ1) is 41.2. The lowest BCUT2D eigenvalue weighted by atomic mass is 9.76. The molecule has 4 rings (SSSR count). The van der Waals surface area contributed by atoms with Gasteiger partial charge in [0.05, 0.1) is 52.1 Å². The molecule has 0 radical (unpaired) electrons. The fourth-order valence-electron chi connectivity index (χ4n) is 7.20. The van der Waals surface area contributed by atoms with Gasteiger partial charge in [-0.05, 0) is 80.9 Å². The third-order valence-corrected chi connectivity index (χ3v) is 10.3. The highest BCUT2D eigenvalue weighted by Crippen LogP contribution is 2.47. The van der Waals surface area contributed by atoms with Crippen molar-refractivity contribution in [1.29, 1.82) is 0 Å². The molecule has 10 nitrogen and oxygen atoms in total. The Hall–Kier alpha value is -4.51. The minimum atomic E-state index is -0.646. The van der Waals surface area contributed by atoms with E-state index >= 15 is 0 Å². The first-order chi connectivity index (χ1) is 25.0. The predicted molar refractivity (Wildman–Crippen MR) is 207 cm³/mol. The van der Waals surface area contributed by atoms with Gasteiger partial charge in [0, 0.05) is 42.6 Å². The zero-order valence-corrected chi connectivity index (χ0v) is 32.6. The number of nitrogens with one attached hydrogen (secondary N) is 2. The number of aryl methyl sites for hydroxylation is 1. The van der Waals surface area contributed by atoms with E-state index in [0.29, 0.717) is 49.2 Å². The SMILES string of the molecule is COC(=O)CCCNC(=O)C(CCCC[N+](C)(C)C)NC(=O)CCCCCN1c2ccc(F)cc2C(C)(C)C1/C=C1\C(=O)C(c2ccc(C)cc2)=C1N. The van der Waals surface area contributed by atoms with Gasteiger partial charge in [0.2, 0.25) is 11.8 Å². The zero-order valence-electron chi connectivity index (χ0n) is 32.6. The highest BCUT2D eigenvalue weighted by Gasteiger charge is 2.45. The van der Waals surface area contributed by atoms with Crippen LogP contribution in [-0.4, -0.2) is 88.0 Å². The molecular weight excluding hydrogens is 673 g/mol. The van der Waals surface area contributed by atoms with E-state index < -0.39 is 11.5 Å². The van der Waals surface area contributed by atoms with Crippen molar-refractivity contribution in [2.45, 2.75) is 96.1 Å². The Morgan fingerprint density at radius 3 is 2.38 bits per heavy atom. The normalized spacial score (nSPS) is 17.7. The third kappa shape index (κ3) is 10.8. The van der Waals surface area contributed by atoms with Gasteiger partial charge in [-0.2, -0.15) is 0 Å². The van der Waals surface area contributed by atoms with E-state index in [9.17, 15) is 23.6 Å². The Morgan fingerprint density at radius 2 is 1.72 bits per heavy atom. The van der Waals surface area contributed by atoms with Crippen LogP contribution in [0.5, 0.6) is 0 Å². The molecule has 2 aliphatic rings. The van der Waals surface area contributed by atoms with Gasteiger partial charge < -0.3 is 30.5 Å². The van der Waals surface area contributed by atoms with E-state index in [0.717, 1.165) is 59.1 Å². The molecule has 2 amide bonds. The molecule has 0 fully saturated rings. The van der Waals surface area contributed by atoms with Crippen LogP contribution >= 0.6 is 0 Å². The number of esters is 1. The van der Waals surface area contributed by atoms with Crippen LogP contribution in [0.15, 0.2) is 59.8 Å². The summed E-state index contributed by atoms with van der Waals surface area (Å²) in [4.78, 5) is 53.2. The first-order valence-corrected chi connectivity index (χ1v) is 18.9. The van der Waals surface area contributed by atoms with E-state index in [4.69, 9.17) is 5.73 Å². The fourth-order valence-corrected chi connectivity index (χ4v) is 7.20. The van der Waals surface area contributed by atoms with Gasteiger partial charge in [0.1, 0.15) is 11.9 Å². The Morgan fingerprint density at radius 1 is 1.00 bits per heavy atom. The Labute approximate surface area is 314 Å². The van der Waals surface area contributed by atoms with Crippen molar-refractivity contribution in [3.8, 4) is 0 Å². The maximum atomic E-state index is 14.5. The van der Waals surface area contributed by atoms with Crippen molar-refractivity contribution in [2.75, 3.05) is 52.8 Å². The number of hydrogen-bond acceptors (Lipinski definition) is 7. The number of nitrogens with zero attached hydrogens (tertiary/aromatic N) is 2. The summed E-state index contributed by atoms with van der Waals surface area (Å²) in [5.41, 5.74) is 11.2. The summed E-state index contributed by atoms with van der Waals surface area (Å²) >= 11 is 0. The average Bonchev–Trinajstić information content (AvgIpc) is 3.31. The Balaban J connectivity index is 1.36. The molecule has 0 aromatic heterocycles. The van der Waals surface area contributed by atoms with Gasteiger partial charge in [-0.1, -0.05) is 50.1 Å². The van der Waals surface area contributed by atoms with Crippen LogP contribution in [0, 0.1) is 12.7 Å². The van der Waals surface area contributed by atoms with E-state index in [-0.39, 0.29) is 48.3 Å². The number of anilines is 1. The molecule has 2 unspecified atom stereocenters. The van der Waals surface area contributed by atoms with Crippen molar-refractivity contribution < 1.29 is 32.8 Å². The molecule has 1 aliphatic carbocycles. The molecule has 11 heteroatoms. The van der Waals surface area contributed by atoms with Crippen molar-refractivity contribution in [3.05, 3.63) is 82.3 Å². The molecule has 1 heterocycles. The maximum Gasteiger partial charge on any atom is 0.305 e. The molecule has 0 saturated heterocycles. The van der Waals surface area contributed by atoms with Crippen molar-refractivity contribution in [1.82, 2.24) is 10.6 Å². The van der Waals surface area contributed by atoms with Crippen molar-refractivity contribution in [3.63, 3.8) is 0 Å². The number of nitrogens with two attached hydrogens (primary N) is 1. The Kier molecular flexibility index (Phi) is 14.0. The number of amides is 2. The lowest BCUT2D eigenvalue weighted by Gasteiger charge is -2.34. The summed E-state index contributed by atoms with van der Waals surface area (Å²) in [7, 11) is 7.71. The number of unbranched alkanes of at least 4 members (excludes halogenated alkanes) is 3. The monoisotopic (exact) mass is 732 g/mol. The lowest BCUT2D eigenvalue weighted by Crippen LogP contribution is -2.47. The number of ether oxygens (including phenoxy) is 1. The number of halogens is 1. The minimum absolute atomic E-state index is 0.0863. The molecule has 288 valence electrons. The van der Waals surface area contributed by atoms with Gasteiger partial charge in [-0.15, -0.1) is 0 Å². The smallest absolute Gasteiger partial charge is 0.305 e. The second kappa shape index (κ2) is 18.0. The van der Waals surface area contributed by atoms with E-state index in [1.807, 2.05) is 37.3 Å². The largest absolute Gasteiger partial charge is 0.469 e. The topological polar surface area (TPSA) is 131 Å². The number of methoxy groups -OCH3 is 1. The first-order valence-electron chi connectivity index (χ1n) is 18.9. The van der Waals surface area contributed by atoms with Crippen LogP contribution < -0.4 is 21.3 Å². The number of Topliss-reactive ketones (excluding diaryl/α,β-unsaturated/α-hetero) is 1. The van der Waals surface area contributed by atoms with E-state index in [1.165, 1.54) is 13.2 Å². The minimum Gasteiger partial charge on any atom is -0.469 e. The standard InChI is InChI=1S/C42H58FN5O5/c1-28-17-19-29(20-18-28)38-39(44)31(40(38)51)27-35-42(2,3)32-26-30(43)21-22-34(32)47(35)24-11-8-9-15-36(49)46-33(14-10-12-25-48(4,5)6)41(52)45-23-13-16-37(50)53-7/h17-22,26-27,33,35H,8-16,23-25H2,1-7H3,(H3-,44,45,46,49,51,52)/p+1/b31-27-. The number of hydrogen-bond donors (Lipinski definition) is 3. The maximum absolute atomic E-state index is 14.5. The summed E-state index contributed by atoms with van der Waals surface area (Å²) in [6.45, 7) is 8.05. The summed E-state index contributed by atoms with van der Waals surface area (Å²) in [5, 5.41) is 5.82. The number of ketones is 1. The fraction of sp³-hybridized carbons (Fsp3) is 0.524. The Bertz CT molecular complexity index is 1710. The lowest BCUT2D eigenvalue weighted by molar-refractivity contribution is -0.870. The van der Waals surface area contributed by atoms with Crippen LogP contribution in [0.2, 0.25) is 0 Å². The molecule has 0 saturated carbocycles.